The number of aromatic hydroxyl groups is 2. The Morgan fingerprint density at radius 1 is 1.05 bits per heavy atom. The molecule has 0 amide bonds. The van der Waals surface area contributed by atoms with Crippen LogP contribution in [0.5, 0.6) is 11.5 Å². The van der Waals surface area contributed by atoms with E-state index < -0.39 is 11.6 Å². The van der Waals surface area contributed by atoms with Crippen LogP contribution in [0.2, 0.25) is 0 Å². The highest BCUT2D eigenvalue weighted by molar-refractivity contribution is 8.00. The van der Waals surface area contributed by atoms with Crippen LogP contribution in [0, 0.1) is 11.6 Å². The van der Waals surface area contributed by atoms with Crippen molar-refractivity contribution < 1.29 is 23.8 Å². The molecule has 3 nitrogen and oxygen atoms in total. The number of benzene rings is 2. The highest BCUT2D eigenvalue weighted by atomic mass is 32.2. The van der Waals surface area contributed by atoms with Gasteiger partial charge in [-0.05, 0) is 30.3 Å². The summed E-state index contributed by atoms with van der Waals surface area (Å²) in [6.45, 7) is 0. The number of Topliss-reactive ketones (excluding diaryl/α,β-unsaturated/α-hetero) is 1. The average Bonchev–Trinajstić information content (AvgIpc) is 2.40. The van der Waals surface area contributed by atoms with Gasteiger partial charge in [0.1, 0.15) is 11.5 Å². The first-order valence-corrected chi connectivity index (χ1v) is 6.59. The van der Waals surface area contributed by atoms with E-state index in [1.807, 2.05) is 0 Å². The van der Waals surface area contributed by atoms with Crippen LogP contribution in [0.4, 0.5) is 8.78 Å². The molecule has 6 heteroatoms. The number of phenols is 2. The van der Waals surface area contributed by atoms with Gasteiger partial charge in [0, 0.05) is 11.0 Å². The third kappa shape index (κ3) is 3.27. The topological polar surface area (TPSA) is 57.5 Å². The predicted molar refractivity (Wildman–Crippen MR) is 71.2 cm³/mol. The van der Waals surface area contributed by atoms with Crippen molar-refractivity contribution in [2.24, 2.45) is 0 Å². The molecule has 2 N–H and O–H groups in total. The van der Waals surface area contributed by atoms with Gasteiger partial charge in [-0.2, -0.15) is 0 Å². The fraction of sp³-hybridized carbons (Fsp3) is 0.0714. The van der Waals surface area contributed by atoms with Crippen molar-refractivity contribution in [2.45, 2.75) is 4.90 Å². The minimum Gasteiger partial charge on any atom is -0.508 e. The molecule has 2 rings (SSSR count). The normalized spacial score (nSPS) is 10.5. The molecule has 0 aromatic heterocycles. The monoisotopic (exact) mass is 296 g/mol. The summed E-state index contributed by atoms with van der Waals surface area (Å²) in [4.78, 5) is 12.3. The molecule has 0 unspecified atom stereocenters. The Labute approximate surface area is 117 Å². The molecule has 0 saturated heterocycles. The lowest BCUT2D eigenvalue weighted by molar-refractivity contribution is 0.102. The summed E-state index contributed by atoms with van der Waals surface area (Å²) < 4.78 is 25.7. The first-order valence-electron chi connectivity index (χ1n) is 5.60. The molecular formula is C14H10F2O3S. The SMILES string of the molecule is O=C(CSc1ccc(F)c(F)c1)c1ccc(O)cc1O. The van der Waals surface area contributed by atoms with E-state index in [0.717, 1.165) is 30.0 Å². The Balaban J connectivity index is 2.06. The van der Waals surface area contributed by atoms with Gasteiger partial charge in [0.05, 0.1) is 11.3 Å². The van der Waals surface area contributed by atoms with Crippen LogP contribution in [-0.2, 0) is 0 Å². The smallest absolute Gasteiger partial charge is 0.176 e. The maximum atomic E-state index is 13.0. The largest absolute Gasteiger partial charge is 0.508 e. The van der Waals surface area contributed by atoms with Crippen LogP contribution in [-0.4, -0.2) is 21.7 Å². The summed E-state index contributed by atoms with van der Waals surface area (Å²) in [5.74, 6) is -2.80. The van der Waals surface area contributed by atoms with E-state index in [4.69, 9.17) is 5.11 Å². The molecular weight excluding hydrogens is 286 g/mol. The van der Waals surface area contributed by atoms with Gasteiger partial charge < -0.3 is 10.2 Å². The van der Waals surface area contributed by atoms with Gasteiger partial charge >= 0.3 is 0 Å². The number of rotatable bonds is 4. The molecule has 0 saturated carbocycles. The van der Waals surface area contributed by atoms with Crippen molar-refractivity contribution in [1.29, 1.82) is 0 Å². The number of hydrogen-bond acceptors (Lipinski definition) is 4. The van der Waals surface area contributed by atoms with Gasteiger partial charge in [-0.25, -0.2) is 8.78 Å². The van der Waals surface area contributed by atoms with Crippen LogP contribution in [0.3, 0.4) is 0 Å². The fourth-order valence-corrected chi connectivity index (χ4v) is 2.35. The van der Waals surface area contributed by atoms with E-state index in [9.17, 15) is 18.7 Å². The summed E-state index contributed by atoms with van der Waals surface area (Å²) in [6.07, 6.45) is 0. The van der Waals surface area contributed by atoms with Crippen molar-refractivity contribution in [3.8, 4) is 11.5 Å². The second kappa shape index (κ2) is 5.92. The number of thioether (sulfide) groups is 1. The van der Waals surface area contributed by atoms with Crippen molar-refractivity contribution in [1.82, 2.24) is 0 Å². The van der Waals surface area contributed by atoms with Gasteiger partial charge in [0.25, 0.3) is 0 Å². The van der Waals surface area contributed by atoms with Gasteiger partial charge in [0.15, 0.2) is 17.4 Å². The number of halogens is 2. The highest BCUT2D eigenvalue weighted by Crippen LogP contribution is 2.26. The third-order valence-electron chi connectivity index (χ3n) is 2.54. The quantitative estimate of drug-likeness (QED) is 0.671. The molecule has 0 aliphatic carbocycles. The van der Waals surface area contributed by atoms with Crippen LogP contribution < -0.4 is 0 Å². The number of carbonyl (C=O) groups excluding carboxylic acids is 1. The molecule has 104 valence electrons. The van der Waals surface area contributed by atoms with E-state index in [1.165, 1.54) is 18.2 Å². The van der Waals surface area contributed by atoms with Crippen molar-refractivity contribution in [3.05, 3.63) is 53.6 Å². The van der Waals surface area contributed by atoms with Crippen LogP contribution >= 0.6 is 11.8 Å². The zero-order valence-corrected chi connectivity index (χ0v) is 11.0. The molecule has 0 aliphatic heterocycles. The summed E-state index contributed by atoms with van der Waals surface area (Å²) in [5.41, 5.74) is 0.0675. The molecule has 0 atom stereocenters. The standard InChI is InChI=1S/C14H10F2O3S/c15-11-4-2-9(6-12(11)16)20-7-14(19)10-3-1-8(17)5-13(10)18/h1-6,17-18H,7H2. The number of hydrogen-bond donors (Lipinski definition) is 2. The van der Waals surface area contributed by atoms with E-state index in [-0.39, 0.29) is 28.6 Å². The van der Waals surface area contributed by atoms with Gasteiger partial charge in [0.2, 0.25) is 0 Å². The molecule has 0 radical (unpaired) electrons. The molecule has 2 aromatic rings. The lowest BCUT2D eigenvalue weighted by Gasteiger charge is -2.05. The molecule has 20 heavy (non-hydrogen) atoms. The van der Waals surface area contributed by atoms with E-state index >= 15 is 0 Å². The molecule has 2 aromatic carbocycles. The van der Waals surface area contributed by atoms with Crippen molar-refractivity contribution in [2.75, 3.05) is 5.75 Å². The first kappa shape index (κ1) is 14.3. The maximum Gasteiger partial charge on any atom is 0.176 e. The van der Waals surface area contributed by atoms with E-state index in [0.29, 0.717) is 4.90 Å². The van der Waals surface area contributed by atoms with Gasteiger partial charge in [-0.3, -0.25) is 4.79 Å². The van der Waals surface area contributed by atoms with Crippen LogP contribution in [0.1, 0.15) is 10.4 Å². The number of ketones is 1. The minimum absolute atomic E-state index is 0.0383. The fourth-order valence-electron chi connectivity index (χ4n) is 1.55. The molecule has 0 spiro atoms. The number of phenolic OH excluding ortho intramolecular Hbond substituents is 2. The Hall–Kier alpha value is -2.08. The summed E-state index contributed by atoms with van der Waals surface area (Å²) >= 11 is 1.03. The van der Waals surface area contributed by atoms with E-state index in [1.54, 1.807) is 0 Å². The second-order valence-corrected chi connectivity index (χ2v) is 5.04. The van der Waals surface area contributed by atoms with Crippen LogP contribution in [0.15, 0.2) is 41.3 Å². The minimum atomic E-state index is -0.977. The van der Waals surface area contributed by atoms with Gasteiger partial charge in [-0.1, -0.05) is 0 Å². The summed E-state index contributed by atoms with van der Waals surface area (Å²) in [6, 6.07) is 7.01. The van der Waals surface area contributed by atoms with Crippen LogP contribution in [0.25, 0.3) is 0 Å². The summed E-state index contributed by atoms with van der Waals surface area (Å²) in [7, 11) is 0. The average molecular weight is 296 g/mol. The maximum absolute atomic E-state index is 13.0. The van der Waals surface area contributed by atoms with E-state index in [2.05, 4.69) is 0 Å². The predicted octanol–water partition coefficient (Wildman–Crippen LogP) is 3.35. The lowest BCUT2D eigenvalue weighted by Crippen LogP contribution is -2.02. The third-order valence-corrected chi connectivity index (χ3v) is 3.54. The Bertz CT molecular complexity index is 659. The highest BCUT2D eigenvalue weighted by Gasteiger charge is 2.12. The molecule has 0 aliphatic rings. The first-order chi connectivity index (χ1) is 9.47. The Morgan fingerprint density at radius 2 is 1.80 bits per heavy atom. The summed E-state index contributed by atoms with van der Waals surface area (Å²) in [5, 5.41) is 18.7. The Morgan fingerprint density at radius 3 is 2.45 bits per heavy atom. The second-order valence-electron chi connectivity index (χ2n) is 3.99. The molecule has 0 fully saturated rings. The molecule has 0 heterocycles. The Kier molecular flexibility index (Phi) is 4.24. The van der Waals surface area contributed by atoms with Gasteiger partial charge in [-0.15, -0.1) is 11.8 Å². The molecule has 0 bridgehead atoms. The lowest BCUT2D eigenvalue weighted by atomic mass is 10.1. The van der Waals surface area contributed by atoms with Crippen molar-refractivity contribution >= 4 is 17.5 Å². The zero-order valence-electron chi connectivity index (χ0n) is 10.1. The number of carbonyl (C=O) groups is 1. The van der Waals surface area contributed by atoms with Crippen molar-refractivity contribution in [3.63, 3.8) is 0 Å². The zero-order chi connectivity index (χ0) is 14.7.